The Morgan fingerprint density at radius 1 is 0.945 bits per heavy atom. The summed E-state index contributed by atoms with van der Waals surface area (Å²) in [5, 5.41) is 18.3. The van der Waals surface area contributed by atoms with E-state index in [1.807, 2.05) is 75.4 Å². The molecule has 0 saturated heterocycles. The number of ether oxygens (including phenoxy) is 1. The van der Waals surface area contributed by atoms with Crippen LogP contribution in [0.3, 0.4) is 0 Å². The molecule has 3 N–H and O–H groups in total. The van der Waals surface area contributed by atoms with Gasteiger partial charge in [0.15, 0.2) is 5.78 Å². The molecule has 1 aromatic heterocycles. The zero-order chi connectivity index (χ0) is 39.9. The van der Waals surface area contributed by atoms with Gasteiger partial charge in [0.25, 0.3) is 5.91 Å². The van der Waals surface area contributed by atoms with Gasteiger partial charge >= 0.3 is 6.09 Å². The lowest BCUT2D eigenvalue weighted by Gasteiger charge is -2.34. The fourth-order valence-electron chi connectivity index (χ4n) is 7.39. The summed E-state index contributed by atoms with van der Waals surface area (Å²) in [6, 6.07) is 16.1. The number of benzene rings is 2. The molecule has 6 rings (SSSR count). The minimum Gasteiger partial charge on any atom is -0.444 e. The smallest absolute Gasteiger partial charge is 0.408 e. The quantitative estimate of drug-likeness (QED) is 0.196. The van der Waals surface area contributed by atoms with E-state index in [-0.39, 0.29) is 31.0 Å². The number of hydrogen-bond donors (Lipinski definition) is 3. The molecular weight excluding hydrogens is 723 g/mol. The monoisotopic (exact) mass is 773 g/mol. The molecule has 3 saturated carbocycles. The number of ketones is 1. The fraction of sp³-hybridized carbons (Fsp3) is 0.525. The van der Waals surface area contributed by atoms with Crippen molar-refractivity contribution >= 4 is 33.7 Å². The van der Waals surface area contributed by atoms with Crippen molar-refractivity contribution < 1.29 is 32.3 Å². The van der Waals surface area contributed by atoms with Crippen LogP contribution in [0.2, 0.25) is 0 Å². The zero-order valence-corrected chi connectivity index (χ0v) is 33.1. The van der Waals surface area contributed by atoms with E-state index in [9.17, 15) is 27.6 Å². The lowest BCUT2D eigenvalue weighted by molar-refractivity contribution is -0.137. The van der Waals surface area contributed by atoms with Gasteiger partial charge in [-0.05, 0) is 87.0 Å². The van der Waals surface area contributed by atoms with Crippen LogP contribution in [0.5, 0.6) is 0 Å². The van der Waals surface area contributed by atoms with E-state index in [2.05, 4.69) is 37.3 Å². The Labute approximate surface area is 322 Å². The van der Waals surface area contributed by atoms with Crippen LogP contribution in [0.1, 0.15) is 86.1 Å². The van der Waals surface area contributed by atoms with Crippen molar-refractivity contribution in [1.82, 2.24) is 35.6 Å². The van der Waals surface area contributed by atoms with Crippen LogP contribution in [-0.4, -0.2) is 74.7 Å². The number of rotatable bonds is 13. The van der Waals surface area contributed by atoms with Gasteiger partial charge < -0.3 is 15.4 Å². The van der Waals surface area contributed by atoms with Crippen molar-refractivity contribution in [2.24, 2.45) is 23.2 Å². The number of sulfonamides is 1. The van der Waals surface area contributed by atoms with Crippen LogP contribution in [-0.2, 0) is 29.1 Å². The summed E-state index contributed by atoms with van der Waals surface area (Å²) in [5.74, 6) is -3.67. The number of allylic oxidation sites excluding steroid dienone is 1. The Morgan fingerprint density at radius 2 is 1.56 bits per heavy atom. The average Bonchev–Trinajstić information content (AvgIpc) is 3.98. The molecule has 3 aromatic rings. The van der Waals surface area contributed by atoms with Gasteiger partial charge in [-0.2, -0.15) is 4.80 Å². The summed E-state index contributed by atoms with van der Waals surface area (Å²) in [6.07, 6.45) is 2.65. The molecule has 2 unspecified atom stereocenters. The van der Waals surface area contributed by atoms with Crippen molar-refractivity contribution in [2.75, 3.05) is 0 Å². The van der Waals surface area contributed by atoms with Crippen molar-refractivity contribution in [3.05, 3.63) is 67.3 Å². The maximum absolute atomic E-state index is 14.6. The van der Waals surface area contributed by atoms with Crippen LogP contribution < -0.4 is 15.4 Å². The molecule has 3 aliphatic rings. The van der Waals surface area contributed by atoms with Crippen LogP contribution in [0.15, 0.2) is 67.3 Å². The summed E-state index contributed by atoms with van der Waals surface area (Å²) in [6.45, 7) is 14.4. The Kier molecular flexibility index (Phi) is 10.8. The van der Waals surface area contributed by atoms with Crippen molar-refractivity contribution in [3.63, 3.8) is 0 Å². The van der Waals surface area contributed by atoms with Gasteiger partial charge in [0.2, 0.25) is 21.8 Å². The first-order valence-electron chi connectivity index (χ1n) is 18.8. The molecule has 3 amide bonds. The lowest BCUT2D eigenvalue weighted by atomic mass is 9.77. The summed E-state index contributed by atoms with van der Waals surface area (Å²) in [4.78, 5) is 57.1. The number of hydrogen-bond acceptors (Lipinski definition) is 10. The number of aromatic nitrogens is 4. The van der Waals surface area contributed by atoms with E-state index in [4.69, 9.17) is 4.74 Å². The summed E-state index contributed by atoms with van der Waals surface area (Å²) in [5.41, 5.74) is -0.251. The number of alkyl carbamates (subject to hydrolysis) is 1. The predicted octanol–water partition coefficient (Wildman–Crippen LogP) is 5.14. The number of amides is 3. The van der Waals surface area contributed by atoms with E-state index in [0.717, 1.165) is 16.7 Å². The molecule has 294 valence electrons. The van der Waals surface area contributed by atoms with Crippen LogP contribution in [0, 0.1) is 23.2 Å². The zero-order valence-electron chi connectivity index (χ0n) is 32.2. The summed E-state index contributed by atoms with van der Waals surface area (Å²) in [7, 11) is -3.89. The van der Waals surface area contributed by atoms with Gasteiger partial charge in [-0.15, -0.1) is 16.8 Å². The van der Waals surface area contributed by atoms with Crippen molar-refractivity contribution in [1.29, 1.82) is 0 Å². The van der Waals surface area contributed by atoms with Gasteiger partial charge in [-0.3, -0.25) is 19.1 Å². The standard InChI is InChI=1S/C40H51N7O7S/c1-8-12-27-23-40(27,36(50)45-55(52,53)29-19-20-29)42-35(49)31-22-28(21-30(31)32(48)33(38(2,3)4)41-37(51)54-39(5,6)7)47-44-34(43-46-47)26-17-15-25(16-18-26)24-13-10-9-11-14-24/h8-11,13-18,27-31,33H,1,12,19-23H2,2-7H3,(H,41,51)(H,42,49)(H,45,50)/t27-,28+,30?,31-,33?,40+/m1/s1. The molecule has 2 aromatic carbocycles. The highest BCUT2D eigenvalue weighted by atomic mass is 32.2. The summed E-state index contributed by atoms with van der Waals surface area (Å²) < 4.78 is 33.3. The lowest BCUT2D eigenvalue weighted by Crippen LogP contribution is -2.56. The Bertz CT molecular complexity index is 2050. The number of carbonyl (C=O) groups excluding carboxylic acids is 4. The van der Waals surface area contributed by atoms with E-state index in [0.29, 0.717) is 25.1 Å². The Hall–Kier alpha value is -4.92. The first-order valence-corrected chi connectivity index (χ1v) is 20.3. The molecule has 14 nitrogen and oxygen atoms in total. The first kappa shape index (κ1) is 39.8. The second kappa shape index (κ2) is 15.0. The van der Waals surface area contributed by atoms with E-state index in [1.54, 1.807) is 26.8 Å². The number of tetrazole rings is 1. The fourth-order valence-corrected chi connectivity index (χ4v) is 8.76. The third kappa shape index (κ3) is 8.98. The number of nitrogens with zero attached hydrogens (tertiary/aromatic N) is 4. The molecule has 1 heterocycles. The third-order valence-electron chi connectivity index (χ3n) is 10.6. The van der Waals surface area contributed by atoms with Crippen molar-refractivity contribution in [3.8, 4) is 22.5 Å². The largest absolute Gasteiger partial charge is 0.444 e. The SMILES string of the molecule is C=CC[C@@H]1C[C@@]1(NC(=O)[C@@H]1C[C@@H](n2nnc(-c3ccc(-c4ccccc4)cc3)n2)CC1C(=O)C(NC(=O)OC(C)(C)C)C(C)(C)C)C(=O)NS(=O)(=O)C1CC1. The van der Waals surface area contributed by atoms with Crippen LogP contribution in [0.25, 0.3) is 22.5 Å². The average molecular weight is 774 g/mol. The highest BCUT2D eigenvalue weighted by Crippen LogP contribution is 2.49. The Morgan fingerprint density at radius 3 is 2.16 bits per heavy atom. The highest BCUT2D eigenvalue weighted by Gasteiger charge is 2.62. The van der Waals surface area contributed by atoms with Gasteiger partial charge in [0, 0.05) is 17.4 Å². The van der Waals surface area contributed by atoms with Crippen molar-refractivity contribution in [2.45, 2.75) is 109 Å². The van der Waals surface area contributed by atoms with Crippen LogP contribution >= 0.6 is 0 Å². The molecule has 55 heavy (non-hydrogen) atoms. The molecule has 3 fully saturated rings. The molecule has 0 bridgehead atoms. The number of carbonyl (C=O) groups is 4. The van der Waals surface area contributed by atoms with Gasteiger partial charge in [-0.1, -0.05) is 81.4 Å². The Balaban J connectivity index is 1.28. The van der Waals surface area contributed by atoms with E-state index in [1.165, 1.54) is 4.80 Å². The van der Waals surface area contributed by atoms with Gasteiger partial charge in [0.1, 0.15) is 11.1 Å². The molecule has 0 spiro atoms. The number of nitrogens with one attached hydrogen (secondary N) is 3. The second-order valence-electron chi connectivity index (χ2n) is 17.1. The minimum atomic E-state index is -3.89. The first-order chi connectivity index (χ1) is 25.8. The molecule has 0 aliphatic heterocycles. The molecular formula is C40H51N7O7S. The summed E-state index contributed by atoms with van der Waals surface area (Å²) >= 11 is 0. The van der Waals surface area contributed by atoms with Gasteiger partial charge in [-0.25, -0.2) is 13.2 Å². The highest BCUT2D eigenvalue weighted by molar-refractivity contribution is 7.91. The normalized spacial score (nSPS) is 24.3. The maximum atomic E-state index is 14.6. The topological polar surface area (TPSA) is 191 Å². The molecule has 15 heteroatoms. The van der Waals surface area contributed by atoms with Gasteiger partial charge in [0.05, 0.1) is 17.3 Å². The second-order valence-corrected chi connectivity index (χ2v) is 19.1. The third-order valence-corrected chi connectivity index (χ3v) is 12.4. The molecule has 6 atom stereocenters. The van der Waals surface area contributed by atoms with E-state index < -0.39 is 73.7 Å². The maximum Gasteiger partial charge on any atom is 0.408 e. The van der Waals surface area contributed by atoms with E-state index >= 15 is 0 Å². The number of Topliss-reactive ketones (excluding diaryl/α,β-unsaturated/α-hetero) is 1. The molecule has 3 aliphatic carbocycles. The minimum absolute atomic E-state index is 0.123. The van der Waals surface area contributed by atoms with Crippen LogP contribution in [0.4, 0.5) is 4.79 Å². The molecule has 0 radical (unpaired) electrons. The predicted molar refractivity (Wildman–Crippen MR) is 205 cm³/mol.